The van der Waals surface area contributed by atoms with Crippen LogP contribution in [0.3, 0.4) is 0 Å². The highest BCUT2D eigenvalue weighted by Crippen LogP contribution is 2.26. The third-order valence-electron chi connectivity index (χ3n) is 5.93. The summed E-state index contributed by atoms with van der Waals surface area (Å²) in [5.41, 5.74) is 3.77. The molecule has 1 saturated heterocycles. The van der Waals surface area contributed by atoms with Crippen LogP contribution in [0, 0.1) is 10.1 Å². The number of fused-ring (bicyclic) bond motifs is 1. The van der Waals surface area contributed by atoms with Crippen molar-refractivity contribution in [3.63, 3.8) is 0 Å². The lowest BCUT2D eigenvalue weighted by Crippen LogP contribution is -2.75. The number of non-ortho nitro benzene ring substituents is 1. The lowest BCUT2D eigenvalue weighted by molar-refractivity contribution is -0.384. The van der Waals surface area contributed by atoms with Gasteiger partial charge in [0, 0.05) is 24.1 Å². The minimum atomic E-state index is -0.506. The Hall–Kier alpha value is -4.66. The molecule has 9 nitrogen and oxygen atoms in total. The Morgan fingerprint density at radius 2 is 1.53 bits per heavy atom. The number of carbonyl (C=O) groups is 1. The van der Waals surface area contributed by atoms with Gasteiger partial charge in [-0.2, -0.15) is 0 Å². The van der Waals surface area contributed by atoms with Crippen molar-refractivity contribution < 1.29 is 24.9 Å². The molecule has 2 aliphatic rings. The van der Waals surface area contributed by atoms with Crippen LogP contribution in [0.15, 0.2) is 78.6 Å². The standard InChI is InChI=1S/C25H20N4O5/c30-19-9-1-15(2-10-19)13-21-25(32)28-14-22(16-5-11-20(31)12-6-16)26-23(24(28)27-21)17-3-7-18(8-4-17)29(33)34/h1-12,21,27,30-31H,13-14H2/p+1. The second-order valence-electron chi connectivity index (χ2n) is 8.17. The van der Waals surface area contributed by atoms with Gasteiger partial charge < -0.3 is 15.5 Å². The molecule has 1 unspecified atom stereocenters. The Bertz CT molecular complexity index is 1330. The zero-order valence-corrected chi connectivity index (χ0v) is 17.9. The van der Waals surface area contributed by atoms with E-state index in [-0.39, 0.29) is 23.1 Å². The van der Waals surface area contributed by atoms with Gasteiger partial charge in [0.05, 0.1) is 10.5 Å². The number of hydrogen-bond donors (Lipinski definition) is 4. The van der Waals surface area contributed by atoms with E-state index in [1.807, 2.05) is 0 Å². The van der Waals surface area contributed by atoms with E-state index in [4.69, 9.17) is 0 Å². The summed E-state index contributed by atoms with van der Waals surface area (Å²) in [6.07, 6.45) is 0.432. The summed E-state index contributed by atoms with van der Waals surface area (Å²) in [4.78, 5) is 29.1. The molecule has 0 aromatic heterocycles. The van der Waals surface area contributed by atoms with E-state index in [1.165, 1.54) is 12.1 Å². The first-order valence-corrected chi connectivity index (χ1v) is 10.7. The summed E-state index contributed by atoms with van der Waals surface area (Å²) >= 11 is 0. The maximum absolute atomic E-state index is 13.4. The molecule has 1 amide bonds. The molecule has 0 aliphatic carbocycles. The molecule has 0 bridgehead atoms. The number of nitrogens with zero attached hydrogens (tertiary/aromatic N) is 2. The number of hydrogen-bond acceptors (Lipinski definition) is 6. The number of phenolic OH excluding ortho intramolecular Hbond substituents is 2. The van der Waals surface area contributed by atoms with Crippen molar-refractivity contribution in [1.82, 2.24) is 10.2 Å². The van der Waals surface area contributed by atoms with Crippen molar-refractivity contribution in [1.29, 1.82) is 0 Å². The molecular formula is C25H21N4O5+. The molecule has 0 radical (unpaired) electrons. The predicted molar refractivity (Wildman–Crippen MR) is 124 cm³/mol. The molecule has 1 fully saturated rings. The van der Waals surface area contributed by atoms with E-state index in [0.717, 1.165) is 16.8 Å². The van der Waals surface area contributed by atoms with Gasteiger partial charge in [-0.15, -0.1) is 0 Å². The lowest BCUT2D eigenvalue weighted by atomic mass is 10.0. The van der Waals surface area contributed by atoms with Gasteiger partial charge in [0.15, 0.2) is 5.82 Å². The summed E-state index contributed by atoms with van der Waals surface area (Å²) in [7, 11) is 0. The summed E-state index contributed by atoms with van der Waals surface area (Å²) in [5.74, 6) is 0.803. The first-order valence-electron chi connectivity index (χ1n) is 10.7. The number of nitro groups is 1. The van der Waals surface area contributed by atoms with Gasteiger partial charge in [0.2, 0.25) is 5.71 Å². The van der Waals surface area contributed by atoms with E-state index in [0.29, 0.717) is 30.0 Å². The number of aromatic hydroxyl groups is 2. The smallest absolute Gasteiger partial charge is 0.269 e. The summed E-state index contributed by atoms with van der Waals surface area (Å²) < 4.78 is 0. The number of rotatable bonds is 5. The second-order valence-corrected chi connectivity index (χ2v) is 8.17. The third kappa shape index (κ3) is 3.95. The number of carbonyl (C=O) groups excluding carboxylic acids is 1. The van der Waals surface area contributed by atoms with Crippen LogP contribution in [0.2, 0.25) is 0 Å². The Balaban J connectivity index is 1.54. The van der Waals surface area contributed by atoms with Gasteiger partial charge >= 0.3 is 0 Å². The van der Waals surface area contributed by atoms with E-state index >= 15 is 0 Å². The zero-order valence-electron chi connectivity index (χ0n) is 17.9. The lowest BCUT2D eigenvalue weighted by Gasteiger charge is -2.20. The molecular weight excluding hydrogens is 436 g/mol. The topological polar surface area (TPSA) is 130 Å². The van der Waals surface area contributed by atoms with Crippen LogP contribution in [-0.2, 0) is 11.2 Å². The molecule has 5 rings (SSSR count). The number of nitro benzene ring substituents is 1. The highest BCUT2D eigenvalue weighted by Gasteiger charge is 2.43. The Labute approximate surface area is 194 Å². The molecule has 170 valence electrons. The molecule has 9 heteroatoms. The highest BCUT2D eigenvalue weighted by atomic mass is 16.6. The van der Waals surface area contributed by atoms with E-state index in [2.05, 4.69) is 10.3 Å². The van der Waals surface area contributed by atoms with Crippen LogP contribution >= 0.6 is 0 Å². The first-order chi connectivity index (χ1) is 16.4. The van der Waals surface area contributed by atoms with Crippen LogP contribution in [0.5, 0.6) is 11.5 Å². The molecule has 34 heavy (non-hydrogen) atoms. The van der Waals surface area contributed by atoms with Gasteiger partial charge in [-0.05, 0) is 54.1 Å². The van der Waals surface area contributed by atoms with Gasteiger partial charge in [-0.3, -0.25) is 19.8 Å². The van der Waals surface area contributed by atoms with Crippen LogP contribution in [0.1, 0.15) is 16.7 Å². The minimum absolute atomic E-state index is 0.0228. The van der Waals surface area contributed by atoms with Gasteiger partial charge in [0.1, 0.15) is 24.1 Å². The Morgan fingerprint density at radius 3 is 2.15 bits per heavy atom. The molecule has 2 aliphatic heterocycles. The zero-order chi connectivity index (χ0) is 23.8. The molecule has 3 aromatic rings. The van der Waals surface area contributed by atoms with Crippen LogP contribution in [-0.4, -0.2) is 44.2 Å². The SMILES string of the molecule is O=C1C(Cc2ccc(O)cc2)NC2=C(c3ccc([N+](=O)[O-])cc3)[NH+]=C(c3ccc(O)cc3)CN12. The monoisotopic (exact) mass is 457 g/mol. The molecule has 0 saturated carbocycles. The predicted octanol–water partition coefficient (Wildman–Crippen LogP) is 1.26. The van der Waals surface area contributed by atoms with E-state index in [9.17, 15) is 25.1 Å². The van der Waals surface area contributed by atoms with Gasteiger partial charge in [-0.1, -0.05) is 12.1 Å². The number of nitrogens with one attached hydrogen (secondary N) is 2. The number of amides is 1. The number of phenols is 2. The average Bonchev–Trinajstić information content (AvgIpc) is 3.15. The van der Waals surface area contributed by atoms with Crippen LogP contribution in [0.4, 0.5) is 5.69 Å². The molecule has 2 heterocycles. The first kappa shape index (κ1) is 21.2. The van der Waals surface area contributed by atoms with Crippen molar-refractivity contribution in [3.05, 3.63) is 105 Å². The largest absolute Gasteiger partial charge is 0.508 e. The Kier molecular flexibility index (Phi) is 5.21. The van der Waals surface area contributed by atoms with Crippen LogP contribution < -0.4 is 10.3 Å². The molecule has 0 spiro atoms. The molecule has 1 atom stereocenters. The summed E-state index contributed by atoms with van der Waals surface area (Å²) in [6.45, 7) is 0.300. The summed E-state index contributed by atoms with van der Waals surface area (Å²) in [6, 6.07) is 19.0. The maximum Gasteiger partial charge on any atom is 0.269 e. The van der Waals surface area contributed by atoms with Crippen molar-refractivity contribution in [2.45, 2.75) is 12.5 Å². The molecule has 3 aromatic carbocycles. The summed E-state index contributed by atoms with van der Waals surface area (Å²) in [5, 5.41) is 33.6. The van der Waals surface area contributed by atoms with Crippen molar-refractivity contribution >= 4 is 23.0 Å². The average molecular weight is 457 g/mol. The maximum atomic E-state index is 13.4. The fourth-order valence-electron chi connectivity index (χ4n) is 4.17. The fraction of sp³-hybridized carbons (Fsp3) is 0.120. The second kappa shape index (κ2) is 8.36. The Morgan fingerprint density at radius 1 is 0.941 bits per heavy atom. The third-order valence-corrected chi connectivity index (χ3v) is 5.93. The van der Waals surface area contributed by atoms with E-state index in [1.54, 1.807) is 65.6 Å². The number of benzene rings is 3. The van der Waals surface area contributed by atoms with Crippen molar-refractivity contribution in [3.8, 4) is 11.5 Å². The van der Waals surface area contributed by atoms with Crippen molar-refractivity contribution in [2.75, 3.05) is 6.54 Å². The molecule has 4 N–H and O–H groups in total. The van der Waals surface area contributed by atoms with Crippen LogP contribution in [0.25, 0.3) is 5.70 Å². The van der Waals surface area contributed by atoms with E-state index < -0.39 is 11.0 Å². The van der Waals surface area contributed by atoms with Gasteiger partial charge in [-0.25, -0.2) is 4.99 Å². The minimum Gasteiger partial charge on any atom is -0.508 e. The van der Waals surface area contributed by atoms with Gasteiger partial charge in [0.25, 0.3) is 17.3 Å². The fourth-order valence-corrected chi connectivity index (χ4v) is 4.17. The highest BCUT2D eigenvalue weighted by molar-refractivity contribution is 6.03. The van der Waals surface area contributed by atoms with Crippen molar-refractivity contribution in [2.24, 2.45) is 0 Å². The quantitative estimate of drug-likeness (QED) is 0.337. The normalized spacial score (nSPS) is 17.3.